The number of nitrogens with two attached hydrogens (primary N) is 1. The largest absolute Gasteiger partial charge is 0.366 e. The summed E-state index contributed by atoms with van der Waals surface area (Å²) in [5, 5.41) is 0. The number of hydrogen-bond acceptors (Lipinski definition) is 1. The Morgan fingerprint density at radius 2 is 1.96 bits per heavy atom. The fraction of sp³-hybridized carbons (Fsp3) is 0.450. The van der Waals surface area contributed by atoms with E-state index in [1.807, 2.05) is 13.0 Å². The third-order valence-corrected chi connectivity index (χ3v) is 4.41. The summed E-state index contributed by atoms with van der Waals surface area (Å²) in [5.41, 5.74) is 9.74. The Morgan fingerprint density at radius 3 is 2.46 bits per heavy atom. The van der Waals surface area contributed by atoms with Gasteiger partial charge in [0.2, 0.25) is 0 Å². The third-order valence-electron chi connectivity index (χ3n) is 4.41. The fourth-order valence-corrected chi connectivity index (χ4v) is 3.17. The number of carbonyl (C=O) groups is 1. The molecule has 2 rings (SSSR count). The van der Waals surface area contributed by atoms with Crippen molar-refractivity contribution in [2.24, 2.45) is 11.1 Å². The number of rotatable bonds is 5. The topological polar surface area (TPSA) is 48.0 Å². The SMILES string of the molecule is CCc1c(-c2cccc(F)c2)c(C(N)=O)c(C)n1CCC(C)(C)C. The lowest BCUT2D eigenvalue weighted by atomic mass is 9.92. The van der Waals surface area contributed by atoms with Crippen molar-refractivity contribution in [3.63, 3.8) is 0 Å². The molecule has 3 nitrogen and oxygen atoms in total. The van der Waals surface area contributed by atoms with Crippen LogP contribution in [0.25, 0.3) is 11.1 Å². The molecule has 2 N–H and O–H groups in total. The van der Waals surface area contributed by atoms with Crippen LogP contribution < -0.4 is 5.73 Å². The number of hydrogen-bond donors (Lipinski definition) is 1. The van der Waals surface area contributed by atoms with Crippen LogP contribution in [-0.2, 0) is 13.0 Å². The number of benzene rings is 1. The number of halogens is 1. The quantitative estimate of drug-likeness (QED) is 0.848. The summed E-state index contributed by atoms with van der Waals surface area (Å²) in [7, 11) is 0. The molecule has 0 saturated carbocycles. The summed E-state index contributed by atoms with van der Waals surface area (Å²) < 4.78 is 15.9. The van der Waals surface area contributed by atoms with E-state index in [0.29, 0.717) is 11.1 Å². The highest BCUT2D eigenvalue weighted by atomic mass is 19.1. The van der Waals surface area contributed by atoms with Crippen molar-refractivity contribution >= 4 is 5.91 Å². The highest BCUT2D eigenvalue weighted by Crippen LogP contribution is 2.34. The van der Waals surface area contributed by atoms with Crippen LogP contribution in [0.4, 0.5) is 4.39 Å². The first-order chi connectivity index (χ1) is 11.2. The molecule has 0 radical (unpaired) electrons. The minimum atomic E-state index is -0.462. The van der Waals surface area contributed by atoms with Gasteiger partial charge in [-0.1, -0.05) is 39.8 Å². The Balaban J connectivity index is 2.66. The van der Waals surface area contributed by atoms with E-state index in [4.69, 9.17) is 5.73 Å². The smallest absolute Gasteiger partial charge is 0.251 e. The minimum Gasteiger partial charge on any atom is -0.366 e. The summed E-state index contributed by atoms with van der Waals surface area (Å²) in [4.78, 5) is 12.1. The summed E-state index contributed by atoms with van der Waals surface area (Å²) in [6.07, 6.45) is 1.74. The van der Waals surface area contributed by atoms with Gasteiger partial charge in [0.15, 0.2) is 0 Å². The maximum atomic E-state index is 13.7. The van der Waals surface area contributed by atoms with Gasteiger partial charge in [0, 0.05) is 23.5 Å². The molecule has 1 heterocycles. The molecule has 4 heteroatoms. The zero-order chi connectivity index (χ0) is 18.1. The Bertz CT molecular complexity index is 754. The highest BCUT2D eigenvalue weighted by molar-refractivity contribution is 6.02. The molecule has 2 aromatic rings. The van der Waals surface area contributed by atoms with Crippen LogP contribution in [-0.4, -0.2) is 10.5 Å². The molecule has 1 aromatic carbocycles. The fourth-order valence-electron chi connectivity index (χ4n) is 3.17. The van der Waals surface area contributed by atoms with Crippen molar-refractivity contribution in [2.45, 2.75) is 54.0 Å². The maximum Gasteiger partial charge on any atom is 0.251 e. The molecule has 0 aliphatic rings. The zero-order valence-electron chi connectivity index (χ0n) is 15.2. The molecule has 1 aromatic heterocycles. The lowest BCUT2D eigenvalue weighted by Crippen LogP contribution is -2.15. The summed E-state index contributed by atoms with van der Waals surface area (Å²) in [5.74, 6) is -0.777. The van der Waals surface area contributed by atoms with Crippen LogP contribution in [0.3, 0.4) is 0 Å². The van der Waals surface area contributed by atoms with Crippen molar-refractivity contribution in [1.82, 2.24) is 4.57 Å². The van der Waals surface area contributed by atoms with E-state index in [0.717, 1.165) is 36.3 Å². The summed E-state index contributed by atoms with van der Waals surface area (Å²) >= 11 is 0. The molecule has 0 bridgehead atoms. The average Bonchev–Trinajstić information content (AvgIpc) is 2.76. The van der Waals surface area contributed by atoms with Crippen LogP contribution in [0.5, 0.6) is 0 Å². The van der Waals surface area contributed by atoms with Gasteiger partial charge in [0.1, 0.15) is 5.82 Å². The number of primary amides is 1. The van der Waals surface area contributed by atoms with Crippen LogP contribution in [0, 0.1) is 18.2 Å². The lowest BCUT2D eigenvalue weighted by molar-refractivity contribution is 0.1000. The van der Waals surface area contributed by atoms with Crippen molar-refractivity contribution in [1.29, 1.82) is 0 Å². The third kappa shape index (κ3) is 3.69. The molecule has 130 valence electrons. The molecule has 0 atom stereocenters. The van der Waals surface area contributed by atoms with Gasteiger partial charge >= 0.3 is 0 Å². The van der Waals surface area contributed by atoms with E-state index in [9.17, 15) is 9.18 Å². The van der Waals surface area contributed by atoms with Crippen molar-refractivity contribution in [3.8, 4) is 11.1 Å². The van der Waals surface area contributed by atoms with Gasteiger partial charge in [0.05, 0.1) is 5.56 Å². The Kier molecular flexibility index (Phi) is 5.16. The number of amides is 1. The molecule has 0 saturated heterocycles. The lowest BCUT2D eigenvalue weighted by Gasteiger charge is -2.20. The average molecular weight is 330 g/mol. The normalized spacial score (nSPS) is 11.8. The second-order valence-electron chi connectivity index (χ2n) is 7.47. The maximum absolute atomic E-state index is 13.7. The van der Waals surface area contributed by atoms with E-state index in [1.54, 1.807) is 6.07 Å². The van der Waals surface area contributed by atoms with Crippen molar-refractivity contribution in [3.05, 3.63) is 47.0 Å². The molecule has 1 amide bonds. The van der Waals surface area contributed by atoms with Gasteiger partial charge in [-0.3, -0.25) is 4.79 Å². The number of carbonyl (C=O) groups excluding carboxylic acids is 1. The molecule has 0 fully saturated rings. The van der Waals surface area contributed by atoms with Gasteiger partial charge in [0.25, 0.3) is 5.91 Å². The van der Waals surface area contributed by atoms with E-state index in [-0.39, 0.29) is 11.2 Å². The molecule has 0 unspecified atom stereocenters. The van der Waals surface area contributed by atoms with E-state index < -0.39 is 5.91 Å². The first-order valence-electron chi connectivity index (χ1n) is 8.43. The van der Waals surface area contributed by atoms with Crippen LogP contribution >= 0.6 is 0 Å². The first-order valence-corrected chi connectivity index (χ1v) is 8.43. The van der Waals surface area contributed by atoms with Crippen molar-refractivity contribution in [2.75, 3.05) is 0 Å². The van der Waals surface area contributed by atoms with Gasteiger partial charge in [-0.05, 0) is 42.9 Å². The molecule has 24 heavy (non-hydrogen) atoms. The summed E-state index contributed by atoms with van der Waals surface area (Å²) in [6.45, 7) is 11.4. The van der Waals surface area contributed by atoms with Crippen LogP contribution in [0.1, 0.15) is 55.9 Å². The van der Waals surface area contributed by atoms with Crippen LogP contribution in [0.2, 0.25) is 0 Å². The molecule has 0 aliphatic carbocycles. The summed E-state index contributed by atoms with van der Waals surface area (Å²) in [6, 6.07) is 6.37. The molecular formula is C20H27FN2O. The molecule has 0 spiro atoms. The van der Waals surface area contributed by atoms with E-state index in [1.165, 1.54) is 12.1 Å². The van der Waals surface area contributed by atoms with Crippen LogP contribution in [0.15, 0.2) is 24.3 Å². The monoisotopic (exact) mass is 330 g/mol. The van der Waals surface area contributed by atoms with E-state index in [2.05, 4.69) is 32.3 Å². The second kappa shape index (κ2) is 6.80. The Hall–Kier alpha value is -2.10. The van der Waals surface area contributed by atoms with Gasteiger partial charge in [-0.25, -0.2) is 4.39 Å². The Morgan fingerprint density at radius 1 is 1.29 bits per heavy atom. The molecule has 0 aliphatic heterocycles. The predicted octanol–water partition coefficient (Wildman–Crippen LogP) is 4.70. The minimum absolute atomic E-state index is 0.188. The van der Waals surface area contributed by atoms with Gasteiger partial charge < -0.3 is 10.3 Å². The first kappa shape index (κ1) is 18.2. The number of nitrogens with zero attached hydrogens (tertiary/aromatic N) is 1. The van der Waals surface area contributed by atoms with Gasteiger partial charge in [-0.2, -0.15) is 0 Å². The Labute approximate surface area is 143 Å². The molecular weight excluding hydrogens is 303 g/mol. The second-order valence-corrected chi connectivity index (χ2v) is 7.47. The predicted molar refractivity (Wildman–Crippen MR) is 96.5 cm³/mol. The number of aromatic nitrogens is 1. The highest BCUT2D eigenvalue weighted by Gasteiger charge is 2.24. The zero-order valence-corrected chi connectivity index (χ0v) is 15.2. The standard InChI is InChI=1S/C20H27FN2O/c1-6-16-18(14-8-7-9-15(21)12-14)17(19(22)24)13(2)23(16)11-10-20(3,4)5/h7-9,12H,6,10-11H2,1-5H3,(H2,22,24). The van der Waals surface area contributed by atoms with E-state index >= 15 is 0 Å². The van der Waals surface area contributed by atoms with Gasteiger partial charge in [-0.15, -0.1) is 0 Å². The van der Waals surface area contributed by atoms with Crippen molar-refractivity contribution < 1.29 is 9.18 Å².